The Bertz CT molecular complexity index is 1830. The van der Waals surface area contributed by atoms with E-state index in [1.807, 2.05) is 44.4 Å². The molecule has 0 radical (unpaired) electrons. The second-order valence-corrected chi connectivity index (χ2v) is 11.9. The molecule has 0 spiro atoms. The lowest BCUT2D eigenvalue weighted by Crippen LogP contribution is -2.31. The Balaban J connectivity index is 1.31. The zero-order valence-corrected chi connectivity index (χ0v) is 25.6. The van der Waals surface area contributed by atoms with Crippen LogP contribution in [0.4, 0.5) is 10.1 Å². The largest absolute Gasteiger partial charge is 0.404 e. The number of pyridine rings is 2. The van der Waals surface area contributed by atoms with Gasteiger partial charge in [0.2, 0.25) is 0 Å². The highest BCUT2D eigenvalue weighted by Gasteiger charge is 2.17. The van der Waals surface area contributed by atoms with E-state index in [4.69, 9.17) is 10.7 Å². The van der Waals surface area contributed by atoms with E-state index in [0.29, 0.717) is 23.5 Å². The van der Waals surface area contributed by atoms with E-state index in [2.05, 4.69) is 48.3 Å². The van der Waals surface area contributed by atoms with E-state index in [-0.39, 0.29) is 5.82 Å². The van der Waals surface area contributed by atoms with Gasteiger partial charge in [-0.2, -0.15) is 5.10 Å². The number of nitrogens with zero attached hydrogens (tertiary/aromatic N) is 5. The third-order valence-electron chi connectivity index (χ3n) is 8.07. The molecule has 5 heterocycles. The molecule has 0 bridgehead atoms. The van der Waals surface area contributed by atoms with Crippen LogP contribution in [0.5, 0.6) is 0 Å². The summed E-state index contributed by atoms with van der Waals surface area (Å²) < 4.78 is 14.7. The van der Waals surface area contributed by atoms with Crippen molar-refractivity contribution < 1.29 is 4.39 Å². The highest BCUT2D eigenvalue weighted by Crippen LogP contribution is 2.34. The van der Waals surface area contributed by atoms with Crippen molar-refractivity contribution in [2.45, 2.75) is 26.2 Å². The summed E-state index contributed by atoms with van der Waals surface area (Å²) in [7, 11) is 4.02. The Hall–Kier alpha value is -4.54. The Morgan fingerprint density at radius 1 is 1.07 bits per heavy atom. The molecule has 9 nitrogen and oxygen atoms in total. The number of H-pyrrole nitrogens is 2. The van der Waals surface area contributed by atoms with Crippen LogP contribution in [0.1, 0.15) is 31.9 Å². The number of anilines is 1. The van der Waals surface area contributed by atoms with Gasteiger partial charge in [-0.25, -0.2) is 9.37 Å². The average molecular weight is 594 g/mol. The highest BCUT2D eigenvalue weighted by atomic mass is 19.1. The molecule has 0 aliphatic carbocycles. The molecule has 5 N–H and O–H groups in total. The normalized spacial score (nSPS) is 15.1. The quantitative estimate of drug-likeness (QED) is 0.147. The van der Waals surface area contributed by atoms with Crippen LogP contribution in [-0.2, 0) is 0 Å². The molecule has 6 rings (SSSR count). The maximum absolute atomic E-state index is 14.7. The lowest BCUT2D eigenvalue weighted by Gasteiger charge is -2.26. The number of hydrogen-bond donors (Lipinski definition) is 4. The second kappa shape index (κ2) is 13.0. The van der Waals surface area contributed by atoms with Crippen molar-refractivity contribution in [1.29, 1.82) is 0 Å². The third kappa shape index (κ3) is 6.51. The van der Waals surface area contributed by atoms with Crippen LogP contribution in [0.3, 0.4) is 0 Å². The van der Waals surface area contributed by atoms with E-state index < -0.39 is 0 Å². The number of benzene rings is 1. The molecule has 1 saturated heterocycles. The third-order valence-corrected chi connectivity index (χ3v) is 8.07. The molecule has 1 aromatic carbocycles. The second-order valence-electron chi connectivity index (χ2n) is 11.9. The van der Waals surface area contributed by atoms with Gasteiger partial charge in [-0.15, -0.1) is 0 Å². The Morgan fingerprint density at radius 3 is 2.70 bits per heavy atom. The van der Waals surface area contributed by atoms with Crippen molar-refractivity contribution >= 4 is 33.2 Å². The molecule has 10 heteroatoms. The standard InChI is InChI=1S/C34H40FN9/c1-22(21-44-12-5-4-6-13-44)15-24(20-36)28-7-8-30-33(40-28)34(42-41-30)31-19-27-29(39-31)9-10-38-32(27)23-16-25(35)18-26(17-23)37-11-14-43(2)3/h7-10,15-20,37,39H,4-6,11-14,21,36H2,1-3H3,(H,41,42)/b22-15+,24-20+. The molecule has 1 aliphatic heterocycles. The van der Waals surface area contributed by atoms with Gasteiger partial charge in [-0.05, 0) is 89.4 Å². The summed E-state index contributed by atoms with van der Waals surface area (Å²) in [5, 5.41) is 11.9. The number of allylic oxidation sites excluding steroid dienone is 2. The van der Waals surface area contributed by atoms with Crippen molar-refractivity contribution in [3.8, 4) is 22.6 Å². The number of likely N-dealkylation sites (N-methyl/N-ethyl adjacent to an activating group) is 1. The first-order valence-electron chi connectivity index (χ1n) is 15.2. The molecule has 0 amide bonds. The number of aromatic nitrogens is 5. The number of nitrogens with two attached hydrogens (primary N) is 1. The summed E-state index contributed by atoms with van der Waals surface area (Å²) in [5.41, 5.74) is 15.1. The maximum Gasteiger partial charge on any atom is 0.135 e. The van der Waals surface area contributed by atoms with E-state index in [0.717, 1.165) is 70.8 Å². The first-order chi connectivity index (χ1) is 21.4. The molecule has 1 aliphatic rings. The van der Waals surface area contributed by atoms with Crippen LogP contribution < -0.4 is 11.1 Å². The van der Waals surface area contributed by atoms with Gasteiger partial charge in [0, 0.05) is 59.8 Å². The fourth-order valence-electron chi connectivity index (χ4n) is 5.90. The van der Waals surface area contributed by atoms with Gasteiger partial charge in [0.25, 0.3) is 0 Å². The number of fused-ring (bicyclic) bond motifs is 2. The maximum atomic E-state index is 14.7. The predicted molar refractivity (Wildman–Crippen MR) is 178 cm³/mol. The first kappa shape index (κ1) is 29.5. The van der Waals surface area contributed by atoms with Gasteiger partial charge < -0.3 is 20.9 Å². The minimum Gasteiger partial charge on any atom is -0.404 e. The van der Waals surface area contributed by atoms with Crippen LogP contribution in [0, 0.1) is 5.82 Å². The molecule has 5 aromatic rings. The minimum absolute atomic E-state index is 0.316. The number of hydrogen-bond acceptors (Lipinski definition) is 7. The van der Waals surface area contributed by atoms with Gasteiger partial charge in [0.05, 0.1) is 22.6 Å². The molecule has 0 saturated carbocycles. The van der Waals surface area contributed by atoms with E-state index >= 15 is 0 Å². The molecular formula is C34H40FN9. The van der Waals surface area contributed by atoms with Gasteiger partial charge in [0.1, 0.15) is 17.0 Å². The van der Waals surface area contributed by atoms with E-state index in [9.17, 15) is 4.39 Å². The van der Waals surface area contributed by atoms with Gasteiger partial charge >= 0.3 is 0 Å². The topological polar surface area (TPSA) is 115 Å². The van der Waals surface area contributed by atoms with Crippen LogP contribution in [0.15, 0.2) is 66.5 Å². The van der Waals surface area contributed by atoms with Gasteiger partial charge in [-0.1, -0.05) is 18.1 Å². The molecule has 0 atom stereocenters. The molecule has 0 unspecified atom stereocenters. The fraction of sp³-hybridized carbons (Fsp3) is 0.324. The SMILES string of the molecule is C/C(=C\C(=C/N)c1ccc2[nH]nc(-c3cc4c(-c5cc(F)cc(NCCN(C)C)c5)nccc4[nH]3)c2n1)CN1CCCCC1. The molecular weight excluding hydrogens is 553 g/mol. The van der Waals surface area contributed by atoms with Crippen molar-refractivity contribution in [2.75, 3.05) is 52.1 Å². The van der Waals surface area contributed by atoms with E-state index in [1.165, 1.54) is 37.0 Å². The number of aromatic amines is 2. The Morgan fingerprint density at radius 2 is 1.91 bits per heavy atom. The van der Waals surface area contributed by atoms with Gasteiger partial charge in [0.15, 0.2) is 0 Å². The van der Waals surface area contributed by atoms with Crippen molar-refractivity contribution in [1.82, 2.24) is 34.9 Å². The summed E-state index contributed by atoms with van der Waals surface area (Å²) in [4.78, 5) is 17.7. The van der Waals surface area contributed by atoms with Crippen molar-refractivity contribution in [3.05, 3.63) is 78.0 Å². The van der Waals surface area contributed by atoms with Gasteiger partial charge in [-0.3, -0.25) is 15.0 Å². The van der Waals surface area contributed by atoms with Crippen LogP contribution in [0.2, 0.25) is 0 Å². The zero-order chi connectivity index (χ0) is 30.6. The summed E-state index contributed by atoms with van der Waals surface area (Å²) >= 11 is 0. The number of halogens is 1. The number of rotatable bonds is 10. The smallest absolute Gasteiger partial charge is 0.135 e. The molecule has 4 aromatic heterocycles. The monoisotopic (exact) mass is 593 g/mol. The lowest BCUT2D eigenvalue weighted by molar-refractivity contribution is 0.246. The summed E-state index contributed by atoms with van der Waals surface area (Å²) in [6, 6.07) is 12.8. The van der Waals surface area contributed by atoms with Crippen LogP contribution in [0.25, 0.3) is 50.2 Å². The first-order valence-corrected chi connectivity index (χ1v) is 15.2. The minimum atomic E-state index is -0.316. The van der Waals surface area contributed by atoms with E-state index in [1.54, 1.807) is 12.4 Å². The fourth-order valence-corrected chi connectivity index (χ4v) is 5.90. The van der Waals surface area contributed by atoms with Crippen molar-refractivity contribution in [2.24, 2.45) is 5.73 Å². The molecule has 1 fully saturated rings. The van der Waals surface area contributed by atoms with Crippen molar-refractivity contribution in [3.63, 3.8) is 0 Å². The number of nitrogens with one attached hydrogen (secondary N) is 3. The summed E-state index contributed by atoms with van der Waals surface area (Å²) in [6.45, 7) is 6.91. The van der Waals surface area contributed by atoms with Crippen LogP contribution in [-0.4, -0.2) is 81.8 Å². The zero-order valence-electron chi connectivity index (χ0n) is 25.6. The number of piperidine rings is 1. The average Bonchev–Trinajstić information content (AvgIpc) is 3.63. The van der Waals surface area contributed by atoms with Crippen LogP contribution >= 0.6 is 0 Å². The molecule has 44 heavy (non-hydrogen) atoms. The Labute approximate surface area is 257 Å². The lowest BCUT2D eigenvalue weighted by atomic mass is 10.1. The predicted octanol–water partition coefficient (Wildman–Crippen LogP) is 6.01. The molecule has 228 valence electrons. The summed E-state index contributed by atoms with van der Waals surface area (Å²) in [5.74, 6) is -0.316. The summed E-state index contributed by atoms with van der Waals surface area (Å²) in [6.07, 6.45) is 9.33. The highest BCUT2D eigenvalue weighted by molar-refractivity contribution is 5.99. The Kier molecular flexibility index (Phi) is 8.72. The number of likely N-dealkylation sites (tertiary alicyclic amines) is 1.